The molecule has 1 nitrogen and oxygen atoms in total. The second-order valence-corrected chi connectivity index (χ2v) is 15.7. The van der Waals surface area contributed by atoms with Crippen LogP contribution in [0.2, 0.25) is 0 Å². The Labute approximate surface area is 315 Å². The quantitative estimate of drug-likeness (QED) is 0.167. The summed E-state index contributed by atoms with van der Waals surface area (Å²) < 4.78 is 2.67. The summed E-state index contributed by atoms with van der Waals surface area (Å²) in [6, 6.07) is 69.0. The lowest BCUT2D eigenvalue weighted by atomic mass is 9.81. The number of thiophene rings is 1. The highest BCUT2D eigenvalue weighted by atomic mass is 32.1. The van der Waals surface area contributed by atoms with Crippen molar-refractivity contribution in [3.63, 3.8) is 0 Å². The normalized spacial score (nSPS) is 12.9. The number of fused-ring (bicyclic) bond motifs is 6. The third-order valence-corrected chi connectivity index (χ3v) is 12.2. The highest BCUT2D eigenvalue weighted by Gasteiger charge is 2.36. The Bertz CT molecular complexity index is 2790. The molecule has 0 unspecified atom stereocenters. The molecule has 0 spiro atoms. The first-order chi connectivity index (χ1) is 26.0. The Balaban J connectivity index is 0.993. The molecule has 0 aliphatic heterocycles. The first-order valence-electron chi connectivity index (χ1n) is 18.3. The van der Waals surface area contributed by atoms with Gasteiger partial charge >= 0.3 is 0 Å². The molecule has 1 aliphatic carbocycles. The maximum atomic E-state index is 2.41. The lowest BCUT2D eigenvalue weighted by Crippen LogP contribution is -2.16. The van der Waals surface area contributed by atoms with E-state index in [0.717, 1.165) is 17.1 Å². The van der Waals surface area contributed by atoms with E-state index in [-0.39, 0.29) is 5.41 Å². The van der Waals surface area contributed by atoms with Crippen molar-refractivity contribution in [3.8, 4) is 44.5 Å². The van der Waals surface area contributed by atoms with Crippen LogP contribution in [-0.2, 0) is 5.41 Å². The highest BCUT2D eigenvalue weighted by molar-refractivity contribution is 7.25. The molecule has 0 saturated heterocycles. The number of anilines is 3. The standard InChI is InChI=1S/C51H37NS/c1-51(2)47-31-38(34-12-5-3-6-13-34)22-27-43(47)44-29-26-42(33-48(44)51)52(40-16-7-4-8-17-40)41-24-20-35(21-25-41)36-14-11-15-37(30-36)39-23-28-46-45-18-9-10-19-49(45)53-50(46)32-39/h3-33H,1-2H3. The van der Waals surface area contributed by atoms with E-state index >= 15 is 0 Å². The van der Waals surface area contributed by atoms with Gasteiger partial charge < -0.3 is 4.90 Å². The molecule has 0 amide bonds. The molecule has 53 heavy (non-hydrogen) atoms. The van der Waals surface area contributed by atoms with Crippen LogP contribution >= 0.6 is 11.3 Å². The minimum atomic E-state index is -0.135. The SMILES string of the molecule is CC1(C)c2cc(-c3ccccc3)ccc2-c2ccc(N(c3ccccc3)c3ccc(-c4cccc(-c5ccc6c(c5)sc5ccccc56)c4)cc3)cc21. The molecule has 9 aromatic rings. The Kier molecular flexibility index (Phi) is 7.42. The third-order valence-electron chi connectivity index (χ3n) is 11.1. The molecule has 1 aliphatic rings. The van der Waals surface area contributed by atoms with Crippen molar-refractivity contribution in [2.24, 2.45) is 0 Å². The van der Waals surface area contributed by atoms with Gasteiger partial charge in [-0.2, -0.15) is 0 Å². The Morgan fingerprint density at radius 1 is 0.358 bits per heavy atom. The number of benzene rings is 8. The van der Waals surface area contributed by atoms with Crippen molar-refractivity contribution in [3.05, 3.63) is 199 Å². The number of hydrogen-bond donors (Lipinski definition) is 0. The van der Waals surface area contributed by atoms with Crippen molar-refractivity contribution < 1.29 is 0 Å². The fourth-order valence-electron chi connectivity index (χ4n) is 8.29. The first kappa shape index (κ1) is 31.5. The molecule has 8 aromatic carbocycles. The van der Waals surface area contributed by atoms with E-state index in [1.54, 1.807) is 0 Å². The summed E-state index contributed by atoms with van der Waals surface area (Å²) in [5.41, 5.74) is 16.1. The minimum absolute atomic E-state index is 0.135. The van der Waals surface area contributed by atoms with Gasteiger partial charge in [0.1, 0.15) is 0 Å². The van der Waals surface area contributed by atoms with Gasteiger partial charge in [-0.25, -0.2) is 0 Å². The first-order valence-corrected chi connectivity index (χ1v) is 19.2. The van der Waals surface area contributed by atoms with Gasteiger partial charge in [-0.1, -0.05) is 141 Å². The number of para-hydroxylation sites is 1. The van der Waals surface area contributed by atoms with E-state index in [2.05, 4.69) is 207 Å². The number of hydrogen-bond acceptors (Lipinski definition) is 2. The second-order valence-electron chi connectivity index (χ2n) is 14.6. The molecule has 0 atom stereocenters. The minimum Gasteiger partial charge on any atom is -0.310 e. The summed E-state index contributed by atoms with van der Waals surface area (Å²) in [6.45, 7) is 4.74. The lowest BCUT2D eigenvalue weighted by Gasteiger charge is -2.28. The van der Waals surface area contributed by atoms with Crippen LogP contribution in [0.15, 0.2) is 188 Å². The highest BCUT2D eigenvalue weighted by Crippen LogP contribution is 2.51. The van der Waals surface area contributed by atoms with Crippen LogP contribution in [0.3, 0.4) is 0 Å². The average Bonchev–Trinajstić information content (AvgIpc) is 3.70. The van der Waals surface area contributed by atoms with Gasteiger partial charge in [0.05, 0.1) is 0 Å². The fraction of sp³-hybridized carbons (Fsp3) is 0.0588. The van der Waals surface area contributed by atoms with Crippen LogP contribution in [0.1, 0.15) is 25.0 Å². The Hall–Kier alpha value is -6.22. The number of nitrogens with zero attached hydrogens (tertiary/aromatic N) is 1. The van der Waals surface area contributed by atoms with Crippen molar-refractivity contribution >= 4 is 48.6 Å². The van der Waals surface area contributed by atoms with E-state index in [0.29, 0.717) is 0 Å². The van der Waals surface area contributed by atoms with E-state index < -0.39 is 0 Å². The van der Waals surface area contributed by atoms with Gasteiger partial charge in [0, 0.05) is 42.6 Å². The topological polar surface area (TPSA) is 3.24 Å². The van der Waals surface area contributed by atoms with Crippen LogP contribution in [0, 0.1) is 0 Å². The predicted octanol–water partition coefficient (Wildman–Crippen LogP) is 14.8. The zero-order chi connectivity index (χ0) is 35.5. The molecule has 0 fully saturated rings. The van der Waals surface area contributed by atoms with Crippen LogP contribution < -0.4 is 4.90 Å². The molecule has 0 N–H and O–H groups in total. The average molecular weight is 696 g/mol. The van der Waals surface area contributed by atoms with Crippen LogP contribution in [0.4, 0.5) is 17.1 Å². The second kappa shape index (κ2) is 12.5. The summed E-state index contributed by atoms with van der Waals surface area (Å²) in [5.74, 6) is 0. The smallest absolute Gasteiger partial charge is 0.0465 e. The van der Waals surface area contributed by atoms with Gasteiger partial charge in [0.2, 0.25) is 0 Å². The molecule has 1 aromatic heterocycles. The van der Waals surface area contributed by atoms with Crippen molar-refractivity contribution in [2.45, 2.75) is 19.3 Å². The number of rotatable bonds is 6. The Morgan fingerprint density at radius 2 is 0.868 bits per heavy atom. The van der Waals surface area contributed by atoms with Gasteiger partial charge in [0.25, 0.3) is 0 Å². The molecule has 0 bridgehead atoms. The predicted molar refractivity (Wildman–Crippen MR) is 228 cm³/mol. The van der Waals surface area contributed by atoms with Crippen LogP contribution in [0.5, 0.6) is 0 Å². The molecular weight excluding hydrogens is 659 g/mol. The van der Waals surface area contributed by atoms with Crippen molar-refractivity contribution in [2.75, 3.05) is 4.90 Å². The molecule has 252 valence electrons. The maximum Gasteiger partial charge on any atom is 0.0465 e. The van der Waals surface area contributed by atoms with Gasteiger partial charge in [0.15, 0.2) is 0 Å². The summed E-state index contributed by atoms with van der Waals surface area (Å²) in [7, 11) is 0. The molecular formula is C51H37NS. The van der Waals surface area contributed by atoms with E-state index in [1.807, 2.05) is 11.3 Å². The monoisotopic (exact) mass is 695 g/mol. The fourth-order valence-corrected chi connectivity index (χ4v) is 9.43. The van der Waals surface area contributed by atoms with Crippen molar-refractivity contribution in [1.82, 2.24) is 0 Å². The van der Waals surface area contributed by atoms with E-state index in [9.17, 15) is 0 Å². The lowest BCUT2D eigenvalue weighted by molar-refractivity contribution is 0.660. The third kappa shape index (κ3) is 5.37. The summed E-state index contributed by atoms with van der Waals surface area (Å²) in [4.78, 5) is 2.38. The maximum absolute atomic E-state index is 2.41. The van der Waals surface area contributed by atoms with E-state index in [1.165, 1.54) is 75.8 Å². The zero-order valence-electron chi connectivity index (χ0n) is 29.8. The van der Waals surface area contributed by atoms with Gasteiger partial charge in [-0.05, 0) is 116 Å². The summed E-state index contributed by atoms with van der Waals surface area (Å²) in [5, 5.41) is 2.67. The molecule has 2 heteroatoms. The molecule has 0 radical (unpaired) electrons. The molecule has 10 rings (SSSR count). The Morgan fingerprint density at radius 3 is 1.66 bits per heavy atom. The molecule has 1 heterocycles. The van der Waals surface area contributed by atoms with Gasteiger partial charge in [-0.15, -0.1) is 11.3 Å². The van der Waals surface area contributed by atoms with Crippen molar-refractivity contribution in [1.29, 1.82) is 0 Å². The van der Waals surface area contributed by atoms with Crippen LogP contribution in [0.25, 0.3) is 64.7 Å². The summed E-state index contributed by atoms with van der Waals surface area (Å²) in [6.07, 6.45) is 0. The zero-order valence-corrected chi connectivity index (χ0v) is 30.6. The van der Waals surface area contributed by atoms with Crippen LogP contribution in [-0.4, -0.2) is 0 Å². The molecule has 0 saturated carbocycles. The largest absolute Gasteiger partial charge is 0.310 e. The summed E-state index contributed by atoms with van der Waals surface area (Å²) >= 11 is 1.87. The van der Waals surface area contributed by atoms with E-state index in [4.69, 9.17) is 0 Å². The van der Waals surface area contributed by atoms with Gasteiger partial charge in [-0.3, -0.25) is 0 Å².